The molecular formula is C13H22N2O2S. The van der Waals surface area contributed by atoms with Crippen LogP contribution >= 0.6 is 11.3 Å². The van der Waals surface area contributed by atoms with Gasteiger partial charge in [-0.1, -0.05) is 20.8 Å². The Hall–Kier alpha value is -0.940. The summed E-state index contributed by atoms with van der Waals surface area (Å²) in [5, 5.41) is 13.4. The van der Waals surface area contributed by atoms with E-state index in [1.165, 1.54) is 4.88 Å². The van der Waals surface area contributed by atoms with Crippen LogP contribution in [0.3, 0.4) is 0 Å². The number of carbonyl (C=O) groups excluding carboxylic acids is 1. The van der Waals surface area contributed by atoms with Gasteiger partial charge in [0, 0.05) is 24.0 Å². The highest BCUT2D eigenvalue weighted by Gasteiger charge is 2.13. The lowest BCUT2D eigenvalue weighted by atomic mass is 10.0. The molecule has 0 fully saturated rings. The van der Waals surface area contributed by atoms with Crippen LogP contribution in [-0.2, 0) is 17.6 Å². The molecule has 0 radical (unpaired) electrons. The van der Waals surface area contributed by atoms with Gasteiger partial charge in [-0.15, -0.1) is 11.3 Å². The van der Waals surface area contributed by atoms with E-state index in [4.69, 9.17) is 0 Å². The van der Waals surface area contributed by atoms with E-state index in [1.54, 1.807) is 11.3 Å². The number of thiazole rings is 1. The van der Waals surface area contributed by atoms with E-state index in [2.05, 4.69) is 17.2 Å². The summed E-state index contributed by atoms with van der Waals surface area (Å²) in [5.74, 6) is 0.0188. The van der Waals surface area contributed by atoms with Gasteiger partial charge in [0.05, 0.1) is 17.5 Å². The maximum absolute atomic E-state index is 11.5. The van der Waals surface area contributed by atoms with E-state index >= 15 is 0 Å². The fourth-order valence-electron chi connectivity index (χ4n) is 1.43. The van der Waals surface area contributed by atoms with Crippen molar-refractivity contribution in [2.45, 2.75) is 46.1 Å². The van der Waals surface area contributed by atoms with Gasteiger partial charge in [0.1, 0.15) is 0 Å². The zero-order valence-electron chi connectivity index (χ0n) is 11.3. The maximum atomic E-state index is 11.5. The average Bonchev–Trinajstić information content (AvgIpc) is 2.76. The number of aryl methyl sites for hydroxylation is 1. The van der Waals surface area contributed by atoms with E-state index < -0.39 is 6.10 Å². The van der Waals surface area contributed by atoms with Crippen molar-refractivity contribution < 1.29 is 9.90 Å². The first-order chi connectivity index (χ1) is 8.52. The Bertz CT molecular complexity index is 377. The molecule has 0 saturated heterocycles. The minimum absolute atomic E-state index is 0.0940. The van der Waals surface area contributed by atoms with Crippen molar-refractivity contribution >= 4 is 17.2 Å². The topological polar surface area (TPSA) is 62.2 Å². The minimum atomic E-state index is -0.559. The molecule has 0 saturated carbocycles. The maximum Gasteiger partial charge on any atom is 0.222 e. The standard InChI is InChI=1S/C13H22N2O2S/c1-4-10-8-15-13(18-10)5-6-14-12(17)7-11(16)9(2)3/h8-9,11,16H,4-7H2,1-3H3,(H,14,17). The first kappa shape index (κ1) is 15.1. The van der Waals surface area contributed by atoms with Gasteiger partial charge in [-0.05, 0) is 12.3 Å². The van der Waals surface area contributed by atoms with Crippen LogP contribution in [-0.4, -0.2) is 28.6 Å². The van der Waals surface area contributed by atoms with Gasteiger partial charge in [-0.2, -0.15) is 0 Å². The van der Waals surface area contributed by atoms with Crippen LogP contribution in [0.25, 0.3) is 0 Å². The van der Waals surface area contributed by atoms with Crippen molar-refractivity contribution in [2.75, 3.05) is 6.54 Å². The summed E-state index contributed by atoms with van der Waals surface area (Å²) < 4.78 is 0. The lowest BCUT2D eigenvalue weighted by Gasteiger charge is -2.13. The molecule has 1 heterocycles. The fraction of sp³-hybridized carbons (Fsp3) is 0.692. The molecule has 1 rings (SSSR count). The van der Waals surface area contributed by atoms with Crippen molar-refractivity contribution in [3.8, 4) is 0 Å². The molecule has 0 aliphatic heterocycles. The monoisotopic (exact) mass is 270 g/mol. The number of aromatic nitrogens is 1. The summed E-state index contributed by atoms with van der Waals surface area (Å²) in [6.45, 7) is 6.49. The SMILES string of the molecule is CCc1cnc(CCNC(=O)CC(O)C(C)C)s1. The number of rotatable bonds is 7. The van der Waals surface area contributed by atoms with Crippen LogP contribution < -0.4 is 5.32 Å². The highest BCUT2D eigenvalue weighted by atomic mass is 32.1. The minimum Gasteiger partial charge on any atom is -0.392 e. The number of aliphatic hydroxyl groups is 1. The second-order valence-corrected chi connectivity index (χ2v) is 5.89. The Morgan fingerprint density at radius 1 is 1.56 bits per heavy atom. The van der Waals surface area contributed by atoms with Crippen LogP contribution in [0.15, 0.2) is 6.20 Å². The van der Waals surface area contributed by atoms with Crippen molar-refractivity contribution in [2.24, 2.45) is 5.92 Å². The molecule has 4 nitrogen and oxygen atoms in total. The lowest BCUT2D eigenvalue weighted by Crippen LogP contribution is -2.30. The average molecular weight is 270 g/mol. The molecule has 0 aliphatic rings. The Morgan fingerprint density at radius 3 is 2.83 bits per heavy atom. The summed E-state index contributed by atoms with van der Waals surface area (Å²) in [7, 11) is 0. The van der Waals surface area contributed by atoms with Gasteiger partial charge < -0.3 is 10.4 Å². The second kappa shape index (κ2) is 7.48. The van der Waals surface area contributed by atoms with E-state index in [-0.39, 0.29) is 18.2 Å². The van der Waals surface area contributed by atoms with E-state index in [1.807, 2.05) is 20.0 Å². The van der Waals surface area contributed by atoms with Crippen LogP contribution in [0.5, 0.6) is 0 Å². The normalized spacial score (nSPS) is 12.7. The summed E-state index contributed by atoms with van der Waals surface area (Å²) in [6.07, 6.45) is 3.27. The molecule has 0 spiro atoms. The number of nitrogens with zero attached hydrogens (tertiary/aromatic N) is 1. The number of hydrogen-bond donors (Lipinski definition) is 2. The first-order valence-corrected chi connectivity index (χ1v) is 7.23. The van der Waals surface area contributed by atoms with Crippen LogP contribution in [0.1, 0.15) is 37.1 Å². The van der Waals surface area contributed by atoms with Crippen molar-refractivity contribution in [3.63, 3.8) is 0 Å². The van der Waals surface area contributed by atoms with E-state index in [0.717, 1.165) is 17.8 Å². The Morgan fingerprint density at radius 2 is 2.28 bits per heavy atom. The number of hydrogen-bond acceptors (Lipinski definition) is 4. The lowest BCUT2D eigenvalue weighted by molar-refractivity contribution is -0.123. The third kappa shape index (κ3) is 5.14. The molecule has 1 aromatic heterocycles. The zero-order valence-corrected chi connectivity index (χ0v) is 12.1. The van der Waals surface area contributed by atoms with Crippen molar-refractivity contribution in [1.29, 1.82) is 0 Å². The molecule has 102 valence electrons. The van der Waals surface area contributed by atoms with Crippen molar-refractivity contribution in [3.05, 3.63) is 16.1 Å². The second-order valence-electron chi connectivity index (χ2n) is 4.69. The Labute approximate surface area is 112 Å². The summed E-state index contributed by atoms with van der Waals surface area (Å²) in [5.41, 5.74) is 0. The van der Waals surface area contributed by atoms with Gasteiger partial charge in [0.15, 0.2) is 0 Å². The van der Waals surface area contributed by atoms with Gasteiger partial charge >= 0.3 is 0 Å². The number of carbonyl (C=O) groups is 1. The Kier molecular flexibility index (Phi) is 6.29. The highest BCUT2D eigenvalue weighted by molar-refractivity contribution is 7.11. The Balaban J connectivity index is 2.23. The summed E-state index contributed by atoms with van der Waals surface area (Å²) >= 11 is 1.69. The van der Waals surface area contributed by atoms with Crippen LogP contribution in [0, 0.1) is 5.92 Å². The van der Waals surface area contributed by atoms with Gasteiger partial charge in [-0.25, -0.2) is 4.98 Å². The number of nitrogens with one attached hydrogen (secondary N) is 1. The number of aliphatic hydroxyl groups excluding tert-OH is 1. The third-order valence-corrected chi connectivity index (χ3v) is 3.98. The zero-order chi connectivity index (χ0) is 13.5. The first-order valence-electron chi connectivity index (χ1n) is 6.41. The molecule has 18 heavy (non-hydrogen) atoms. The van der Waals surface area contributed by atoms with Crippen LogP contribution in [0.4, 0.5) is 0 Å². The van der Waals surface area contributed by atoms with Gasteiger partial charge in [0.25, 0.3) is 0 Å². The molecule has 1 unspecified atom stereocenters. The molecule has 0 aliphatic carbocycles. The number of amides is 1. The van der Waals surface area contributed by atoms with Gasteiger partial charge in [0.2, 0.25) is 5.91 Å². The van der Waals surface area contributed by atoms with E-state index in [9.17, 15) is 9.90 Å². The summed E-state index contributed by atoms with van der Waals surface area (Å²) in [4.78, 5) is 17.1. The van der Waals surface area contributed by atoms with Gasteiger partial charge in [-0.3, -0.25) is 4.79 Å². The molecule has 2 N–H and O–H groups in total. The predicted molar refractivity (Wildman–Crippen MR) is 73.7 cm³/mol. The predicted octanol–water partition coefficient (Wildman–Crippen LogP) is 1.77. The molecule has 5 heteroatoms. The summed E-state index contributed by atoms with van der Waals surface area (Å²) in [6, 6.07) is 0. The highest BCUT2D eigenvalue weighted by Crippen LogP contribution is 2.13. The molecule has 1 aromatic rings. The molecular weight excluding hydrogens is 248 g/mol. The van der Waals surface area contributed by atoms with E-state index in [0.29, 0.717) is 6.54 Å². The molecule has 1 atom stereocenters. The molecule has 0 aromatic carbocycles. The smallest absolute Gasteiger partial charge is 0.222 e. The molecule has 0 bridgehead atoms. The third-order valence-electron chi connectivity index (χ3n) is 2.78. The quantitative estimate of drug-likeness (QED) is 0.794. The van der Waals surface area contributed by atoms with Crippen molar-refractivity contribution in [1.82, 2.24) is 10.3 Å². The van der Waals surface area contributed by atoms with Crippen LogP contribution in [0.2, 0.25) is 0 Å². The fourth-order valence-corrected chi connectivity index (χ4v) is 2.30. The largest absolute Gasteiger partial charge is 0.392 e. The molecule has 1 amide bonds.